The van der Waals surface area contributed by atoms with Gasteiger partial charge in [-0.1, -0.05) is 18.5 Å². The van der Waals surface area contributed by atoms with Crippen molar-refractivity contribution in [1.82, 2.24) is 14.5 Å². The van der Waals surface area contributed by atoms with E-state index in [0.29, 0.717) is 12.0 Å². The van der Waals surface area contributed by atoms with E-state index in [9.17, 15) is 0 Å². The largest absolute Gasteiger partial charge is 0.331 e. The molecule has 5 heteroatoms. The number of piperidine rings is 1. The molecule has 0 spiro atoms. The third kappa shape index (κ3) is 2.33. The van der Waals surface area contributed by atoms with E-state index < -0.39 is 0 Å². The van der Waals surface area contributed by atoms with Crippen LogP contribution in [0.3, 0.4) is 0 Å². The highest BCUT2D eigenvalue weighted by atomic mass is 35.5. The molecule has 1 fully saturated rings. The lowest BCUT2D eigenvalue weighted by Crippen LogP contribution is -2.37. The van der Waals surface area contributed by atoms with Crippen molar-refractivity contribution in [2.45, 2.75) is 19.4 Å². The molecule has 2 aromatic rings. The van der Waals surface area contributed by atoms with E-state index in [4.69, 9.17) is 23.8 Å². The zero-order valence-electron chi connectivity index (χ0n) is 11.2. The highest BCUT2D eigenvalue weighted by Gasteiger charge is 2.27. The summed E-state index contributed by atoms with van der Waals surface area (Å²) < 4.78 is 3.08. The summed E-state index contributed by atoms with van der Waals surface area (Å²) in [5, 5.41) is 0.743. The average molecular weight is 296 g/mol. The van der Waals surface area contributed by atoms with Crippen LogP contribution >= 0.6 is 23.8 Å². The fourth-order valence-corrected chi connectivity index (χ4v) is 3.67. The van der Waals surface area contributed by atoms with Gasteiger partial charge in [-0.25, -0.2) is 0 Å². The molecule has 19 heavy (non-hydrogen) atoms. The number of aromatic nitrogens is 2. The molecule has 2 unspecified atom stereocenters. The predicted octanol–water partition coefficient (Wildman–Crippen LogP) is 3.86. The van der Waals surface area contributed by atoms with Crippen LogP contribution in [0, 0.1) is 10.7 Å². The van der Waals surface area contributed by atoms with Gasteiger partial charge in [-0.3, -0.25) is 0 Å². The van der Waals surface area contributed by atoms with E-state index in [1.165, 1.54) is 0 Å². The van der Waals surface area contributed by atoms with Gasteiger partial charge in [-0.05, 0) is 56.3 Å². The number of H-pyrrole nitrogens is 1. The number of hydrogen-bond donors (Lipinski definition) is 1. The minimum atomic E-state index is 0.471. The molecule has 1 aromatic carbocycles. The second-order valence-electron chi connectivity index (χ2n) is 5.56. The van der Waals surface area contributed by atoms with E-state index in [2.05, 4.69) is 34.5 Å². The zero-order chi connectivity index (χ0) is 13.6. The fourth-order valence-electron chi connectivity index (χ4n) is 3.16. The Morgan fingerprint density at radius 3 is 2.95 bits per heavy atom. The van der Waals surface area contributed by atoms with Gasteiger partial charge in [0.05, 0.1) is 11.0 Å². The van der Waals surface area contributed by atoms with Gasteiger partial charge in [0.2, 0.25) is 0 Å². The van der Waals surface area contributed by atoms with Gasteiger partial charge in [0, 0.05) is 17.6 Å². The molecule has 102 valence electrons. The molecular weight excluding hydrogens is 278 g/mol. The third-order valence-electron chi connectivity index (χ3n) is 4.07. The lowest BCUT2D eigenvalue weighted by molar-refractivity contribution is 0.160. The van der Waals surface area contributed by atoms with Crippen LogP contribution in [-0.2, 0) is 0 Å². The predicted molar refractivity (Wildman–Crippen MR) is 82.4 cm³/mol. The van der Waals surface area contributed by atoms with Crippen molar-refractivity contribution in [2.75, 3.05) is 20.1 Å². The maximum Gasteiger partial charge on any atom is 0.178 e. The minimum Gasteiger partial charge on any atom is -0.331 e. The highest BCUT2D eigenvalue weighted by molar-refractivity contribution is 7.71. The number of likely N-dealkylation sites (tertiary alicyclic amines) is 1. The SMILES string of the molecule is CC1CN(C)CCC1n1c(=S)[nH]c2cc(Cl)ccc21. The standard InChI is InChI=1S/C14H18ClN3S/c1-9-8-17(2)6-5-12(9)18-13-4-3-10(15)7-11(13)16-14(18)19/h3-4,7,9,12H,5-6,8H2,1-2H3,(H,16,19). The van der Waals surface area contributed by atoms with Crippen LogP contribution in [0.5, 0.6) is 0 Å². The van der Waals surface area contributed by atoms with Gasteiger partial charge in [0.25, 0.3) is 0 Å². The topological polar surface area (TPSA) is 24.0 Å². The third-order valence-corrected chi connectivity index (χ3v) is 4.61. The molecule has 0 radical (unpaired) electrons. The monoisotopic (exact) mass is 295 g/mol. The molecule has 0 amide bonds. The average Bonchev–Trinajstić information content (AvgIpc) is 2.65. The Bertz CT molecular complexity index is 660. The van der Waals surface area contributed by atoms with Gasteiger partial charge in [-0.15, -0.1) is 0 Å². The van der Waals surface area contributed by atoms with Gasteiger partial charge in [0.1, 0.15) is 0 Å². The Balaban J connectivity index is 2.09. The molecule has 3 rings (SSSR count). The lowest BCUT2D eigenvalue weighted by atomic mass is 9.94. The van der Waals surface area contributed by atoms with Crippen molar-refractivity contribution in [1.29, 1.82) is 0 Å². The van der Waals surface area contributed by atoms with Crippen molar-refractivity contribution in [3.63, 3.8) is 0 Å². The lowest BCUT2D eigenvalue weighted by Gasteiger charge is -2.35. The maximum atomic E-state index is 6.04. The van der Waals surface area contributed by atoms with Gasteiger partial charge in [-0.2, -0.15) is 0 Å². The number of hydrogen-bond acceptors (Lipinski definition) is 2. The number of fused-ring (bicyclic) bond motifs is 1. The van der Waals surface area contributed by atoms with Gasteiger partial charge < -0.3 is 14.5 Å². The Labute approximate surface area is 123 Å². The molecule has 0 aliphatic carbocycles. The Kier molecular flexibility index (Phi) is 3.41. The first-order valence-electron chi connectivity index (χ1n) is 6.64. The normalized spacial score (nSPS) is 25.0. The minimum absolute atomic E-state index is 0.471. The second-order valence-corrected chi connectivity index (χ2v) is 6.38. The van der Waals surface area contributed by atoms with Crippen molar-refractivity contribution in [3.8, 4) is 0 Å². The highest BCUT2D eigenvalue weighted by Crippen LogP contribution is 2.31. The van der Waals surface area contributed by atoms with Crippen LogP contribution in [-0.4, -0.2) is 34.6 Å². The summed E-state index contributed by atoms with van der Waals surface area (Å²) in [7, 11) is 2.18. The summed E-state index contributed by atoms with van der Waals surface area (Å²) in [5.41, 5.74) is 2.19. The summed E-state index contributed by atoms with van der Waals surface area (Å²) >= 11 is 11.6. The van der Waals surface area contributed by atoms with E-state index in [1.54, 1.807) is 0 Å². The quantitative estimate of drug-likeness (QED) is 0.808. The van der Waals surface area contributed by atoms with Crippen molar-refractivity contribution in [2.24, 2.45) is 5.92 Å². The Morgan fingerprint density at radius 1 is 1.42 bits per heavy atom. The number of halogens is 1. The first-order chi connectivity index (χ1) is 9.06. The number of nitrogens with zero attached hydrogens (tertiary/aromatic N) is 2. The van der Waals surface area contributed by atoms with E-state index in [1.807, 2.05) is 12.1 Å². The molecule has 1 aliphatic heterocycles. The smallest absolute Gasteiger partial charge is 0.178 e. The number of aromatic amines is 1. The Morgan fingerprint density at radius 2 is 2.21 bits per heavy atom. The fraction of sp³-hybridized carbons (Fsp3) is 0.500. The second kappa shape index (κ2) is 4.93. The molecule has 2 heterocycles. The summed E-state index contributed by atoms with van der Waals surface area (Å²) in [6.07, 6.45) is 1.14. The summed E-state index contributed by atoms with van der Waals surface area (Å²) in [6.45, 7) is 4.54. The first-order valence-corrected chi connectivity index (χ1v) is 7.43. The molecule has 1 aromatic heterocycles. The molecule has 3 nitrogen and oxygen atoms in total. The van der Waals surface area contributed by atoms with Crippen LogP contribution in [0.15, 0.2) is 18.2 Å². The number of benzene rings is 1. The molecule has 0 saturated carbocycles. The van der Waals surface area contributed by atoms with E-state index in [-0.39, 0.29) is 0 Å². The molecule has 1 aliphatic rings. The Hall–Kier alpha value is -0.840. The van der Waals surface area contributed by atoms with Crippen LogP contribution in [0.4, 0.5) is 0 Å². The zero-order valence-corrected chi connectivity index (χ0v) is 12.8. The molecule has 0 bridgehead atoms. The van der Waals surface area contributed by atoms with Gasteiger partial charge in [0.15, 0.2) is 4.77 Å². The molecular formula is C14H18ClN3S. The van der Waals surface area contributed by atoms with Crippen molar-refractivity contribution < 1.29 is 0 Å². The molecule has 1 N–H and O–H groups in total. The summed E-state index contributed by atoms with van der Waals surface area (Å²) in [4.78, 5) is 5.66. The summed E-state index contributed by atoms with van der Waals surface area (Å²) in [5.74, 6) is 0.597. The van der Waals surface area contributed by atoms with Crippen LogP contribution in [0.1, 0.15) is 19.4 Å². The van der Waals surface area contributed by atoms with Gasteiger partial charge >= 0.3 is 0 Å². The number of nitrogens with one attached hydrogen (secondary N) is 1. The van der Waals surface area contributed by atoms with E-state index >= 15 is 0 Å². The molecule has 2 atom stereocenters. The van der Waals surface area contributed by atoms with Crippen molar-refractivity contribution >= 4 is 34.9 Å². The van der Waals surface area contributed by atoms with E-state index in [0.717, 1.165) is 40.3 Å². The van der Waals surface area contributed by atoms with Crippen molar-refractivity contribution in [3.05, 3.63) is 28.0 Å². The van der Waals surface area contributed by atoms with Crippen LogP contribution < -0.4 is 0 Å². The molecule has 1 saturated heterocycles. The maximum absolute atomic E-state index is 6.04. The number of rotatable bonds is 1. The van der Waals surface area contributed by atoms with Crippen LogP contribution in [0.2, 0.25) is 5.02 Å². The van der Waals surface area contributed by atoms with Crippen LogP contribution in [0.25, 0.3) is 11.0 Å². The first kappa shape index (κ1) is 13.2. The summed E-state index contributed by atoms with van der Waals surface area (Å²) in [6, 6.07) is 6.42. The number of imidazole rings is 1.